The lowest BCUT2D eigenvalue weighted by atomic mass is 9.86. The number of methoxy groups -OCH3 is 1. The summed E-state index contributed by atoms with van der Waals surface area (Å²) in [6.07, 6.45) is 1.39. The summed E-state index contributed by atoms with van der Waals surface area (Å²) in [5.74, 6) is 1.11. The van der Waals surface area contributed by atoms with Gasteiger partial charge in [-0.25, -0.2) is 18.5 Å². The second kappa shape index (κ2) is 11.6. The van der Waals surface area contributed by atoms with E-state index in [1.807, 2.05) is 48.5 Å². The molecule has 0 saturated carbocycles. The van der Waals surface area contributed by atoms with E-state index in [1.54, 1.807) is 25.3 Å². The first kappa shape index (κ1) is 27.5. The van der Waals surface area contributed by atoms with Gasteiger partial charge in [-0.2, -0.15) is 0 Å². The zero-order valence-electron chi connectivity index (χ0n) is 21.8. The third-order valence-corrected chi connectivity index (χ3v) is 7.79. The van der Waals surface area contributed by atoms with Gasteiger partial charge in [-0.3, -0.25) is 0 Å². The van der Waals surface area contributed by atoms with Gasteiger partial charge in [0.15, 0.2) is 5.76 Å². The number of ether oxygens (including phenoxy) is 3. The largest absolute Gasteiger partial charge is 0.439 e. The Labute approximate surface area is 232 Å². The van der Waals surface area contributed by atoms with Gasteiger partial charge < -0.3 is 23.8 Å². The van der Waals surface area contributed by atoms with Gasteiger partial charge in [0.1, 0.15) is 17.9 Å². The summed E-state index contributed by atoms with van der Waals surface area (Å²) in [6, 6.07) is 22.9. The molecule has 0 amide bonds. The topological polar surface area (TPSA) is 146 Å². The first-order valence-electron chi connectivity index (χ1n) is 12.6. The molecule has 5 rings (SSSR count). The summed E-state index contributed by atoms with van der Waals surface area (Å²) in [5, 5.41) is 18.4. The number of nitrogens with two attached hydrogens (primary N) is 1. The number of rotatable bonds is 8. The number of aromatic nitrogens is 1. The van der Waals surface area contributed by atoms with Crippen LogP contribution in [0.5, 0.6) is 5.75 Å². The van der Waals surface area contributed by atoms with E-state index in [0.717, 1.165) is 11.1 Å². The maximum Gasteiger partial charge on any atom is 0.240 e. The van der Waals surface area contributed by atoms with Gasteiger partial charge in [0.2, 0.25) is 21.8 Å². The van der Waals surface area contributed by atoms with Crippen LogP contribution in [0.4, 0.5) is 0 Å². The lowest BCUT2D eigenvalue weighted by Crippen LogP contribution is -2.35. The van der Waals surface area contributed by atoms with Gasteiger partial charge in [-0.1, -0.05) is 47.6 Å². The van der Waals surface area contributed by atoms with Crippen LogP contribution in [0.3, 0.4) is 0 Å². The molecule has 1 fully saturated rings. The number of primary sulfonamides is 1. The van der Waals surface area contributed by atoms with Crippen LogP contribution in [0.15, 0.2) is 93.3 Å². The van der Waals surface area contributed by atoms with Crippen molar-refractivity contribution in [2.75, 3.05) is 20.3 Å². The summed E-state index contributed by atoms with van der Waals surface area (Å²) in [5.41, 5.74) is 2.40. The monoisotopic (exact) mass is 563 g/mol. The molecule has 4 aromatic rings. The van der Waals surface area contributed by atoms with Crippen molar-refractivity contribution < 1.29 is 32.3 Å². The lowest BCUT2D eigenvalue weighted by Gasteiger charge is -2.36. The summed E-state index contributed by atoms with van der Waals surface area (Å²) in [4.78, 5) is 4.64. The minimum absolute atomic E-state index is 0.0152. The van der Waals surface area contributed by atoms with E-state index in [0.29, 0.717) is 48.8 Å². The highest BCUT2D eigenvalue weighted by molar-refractivity contribution is 7.89. The summed E-state index contributed by atoms with van der Waals surface area (Å²) < 4.78 is 46.8. The van der Waals surface area contributed by atoms with E-state index in [1.165, 1.54) is 12.1 Å². The molecule has 0 atom stereocenters. The Bertz CT molecular complexity index is 1590. The number of benzene rings is 3. The minimum atomic E-state index is -3.84. The molecule has 1 aliphatic rings. The van der Waals surface area contributed by atoms with Gasteiger partial charge in [-0.05, 0) is 42.0 Å². The van der Waals surface area contributed by atoms with E-state index in [4.69, 9.17) is 23.8 Å². The second-order valence-electron chi connectivity index (χ2n) is 9.33. The number of sulfonamides is 1. The maximum atomic E-state index is 11.7. The summed E-state index contributed by atoms with van der Waals surface area (Å²) in [7, 11) is -2.16. The van der Waals surface area contributed by atoms with Gasteiger partial charge in [-0.15, -0.1) is 0 Å². The third kappa shape index (κ3) is 5.92. The standard InChI is InChI=1S/C29H29N3O7S/c1-36-29(14-16-37-17-15-29)22-8-5-9-23(18-22)38-26(32-33)19-25-31-27(20-6-3-2-4-7-20)28(39-25)21-10-12-24(13-11-21)40(30,34)35/h2-13,18,33H,14-17,19H2,1H3,(H2,30,34,35). The fraction of sp³-hybridized carbons (Fsp3) is 0.241. The van der Waals surface area contributed by atoms with Crippen molar-refractivity contribution >= 4 is 15.9 Å². The molecule has 3 aromatic carbocycles. The van der Waals surface area contributed by atoms with Crippen LogP contribution in [0, 0.1) is 0 Å². The molecule has 2 heterocycles. The average Bonchev–Trinajstić information content (AvgIpc) is 3.41. The molecule has 0 bridgehead atoms. The zero-order valence-corrected chi connectivity index (χ0v) is 22.6. The van der Waals surface area contributed by atoms with Gasteiger partial charge in [0.25, 0.3) is 0 Å². The van der Waals surface area contributed by atoms with E-state index < -0.39 is 15.6 Å². The van der Waals surface area contributed by atoms with Crippen LogP contribution >= 0.6 is 0 Å². The van der Waals surface area contributed by atoms with E-state index >= 15 is 0 Å². The van der Waals surface area contributed by atoms with Crippen LogP contribution < -0.4 is 9.88 Å². The van der Waals surface area contributed by atoms with Crippen molar-refractivity contribution in [3.05, 3.63) is 90.3 Å². The number of oxime groups is 1. The highest BCUT2D eigenvalue weighted by Crippen LogP contribution is 2.37. The Balaban J connectivity index is 1.42. The second-order valence-corrected chi connectivity index (χ2v) is 10.9. The predicted octanol–water partition coefficient (Wildman–Crippen LogP) is 4.72. The molecule has 3 N–H and O–H groups in total. The predicted molar refractivity (Wildman–Crippen MR) is 147 cm³/mol. The highest BCUT2D eigenvalue weighted by Gasteiger charge is 2.34. The Morgan fingerprint density at radius 3 is 2.40 bits per heavy atom. The minimum Gasteiger partial charge on any atom is -0.439 e. The highest BCUT2D eigenvalue weighted by atomic mass is 32.2. The van der Waals surface area contributed by atoms with Crippen LogP contribution in [0.1, 0.15) is 24.3 Å². The number of hydrogen-bond acceptors (Lipinski definition) is 9. The van der Waals surface area contributed by atoms with Crippen LogP contribution in [0.25, 0.3) is 22.6 Å². The molecular weight excluding hydrogens is 534 g/mol. The average molecular weight is 564 g/mol. The smallest absolute Gasteiger partial charge is 0.240 e. The quantitative estimate of drug-likeness (QED) is 0.136. The van der Waals surface area contributed by atoms with Crippen molar-refractivity contribution in [1.29, 1.82) is 0 Å². The van der Waals surface area contributed by atoms with Crippen molar-refractivity contribution in [3.63, 3.8) is 0 Å². The van der Waals surface area contributed by atoms with Crippen LogP contribution in [-0.2, 0) is 31.5 Å². The van der Waals surface area contributed by atoms with Gasteiger partial charge in [0, 0.05) is 44.3 Å². The Kier molecular flexibility index (Phi) is 7.99. The first-order chi connectivity index (χ1) is 19.3. The molecular formula is C29H29N3O7S. The molecule has 11 heteroatoms. The van der Waals surface area contributed by atoms with Gasteiger partial charge in [0.05, 0.1) is 10.5 Å². The molecule has 0 aliphatic carbocycles. The molecule has 0 spiro atoms. The molecule has 1 saturated heterocycles. The molecule has 0 unspecified atom stereocenters. The van der Waals surface area contributed by atoms with Crippen molar-refractivity contribution in [1.82, 2.24) is 4.98 Å². The fourth-order valence-corrected chi connectivity index (χ4v) is 5.25. The van der Waals surface area contributed by atoms with Crippen LogP contribution in [-0.4, -0.2) is 44.8 Å². The zero-order chi connectivity index (χ0) is 28.2. The van der Waals surface area contributed by atoms with Crippen molar-refractivity contribution in [2.24, 2.45) is 10.3 Å². The Morgan fingerprint density at radius 1 is 1.02 bits per heavy atom. The van der Waals surface area contributed by atoms with Crippen molar-refractivity contribution in [2.45, 2.75) is 29.8 Å². The normalized spacial score (nSPS) is 15.6. The summed E-state index contributed by atoms with van der Waals surface area (Å²) in [6.45, 7) is 1.20. The molecule has 40 heavy (non-hydrogen) atoms. The SMILES string of the molecule is COC1(c2cccc(OC(Cc3nc(-c4ccccc4)c(-c4ccc(S(N)(=O)=O)cc4)o3)=NO)c2)CCOCC1. The lowest BCUT2D eigenvalue weighted by molar-refractivity contribution is -0.0948. The molecule has 10 nitrogen and oxygen atoms in total. The first-order valence-corrected chi connectivity index (χ1v) is 14.2. The third-order valence-electron chi connectivity index (χ3n) is 6.86. The molecule has 208 valence electrons. The van der Waals surface area contributed by atoms with E-state index in [2.05, 4.69) is 10.1 Å². The Morgan fingerprint density at radius 2 is 1.75 bits per heavy atom. The summed E-state index contributed by atoms with van der Waals surface area (Å²) >= 11 is 0. The van der Waals surface area contributed by atoms with Crippen LogP contribution in [0.2, 0.25) is 0 Å². The molecule has 0 radical (unpaired) electrons. The van der Waals surface area contributed by atoms with E-state index in [-0.39, 0.29) is 23.1 Å². The number of oxazole rings is 1. The van der Waals surface area contributed by atoms with Gasteiger partial charge >= 0.3 is 0 Å². The fourth-order valence-electron chi connectivity index (χ4n) is 4.74. The number of hydrogen-bond donors (Lipinski definition) is 2. The van der Waals surface area contributed by atoms with E-state index in [9.17, 15) is 13.6 Å². The molecule has 1 aliphatic heterocycles. The number of nitrogens with zero attached hydrogens (tertiary/aromatic N) is 2. The van der Waals surface area contributed by atoms with Crippen molar-refractivity contribution in [3.8, 4) is 28.3 Å². The molecule has 1 aromatic heterocycles. The maximum absolute atomic E-state index is 11.7. The Hall–Kier alpha value is -4.03.